The smallest absolute Gasteiger partial charge is 0.118 e. The molecule has 0 saturated heterocycles. The Hall–Kier alpha value is -1.02. The molecule has 0 aliphatic heterocycles. The summed E-state index contributed by atoms with van der Waals surface area (Å²) in [5, 5.41) is 3.66. The lowest BCUT2D eigenvalue weighted by Crippen LogP contribution is -2.25. The summed E-state index contributed by atoms with van der Waals surface area (Å²) in [6, 6.07) is 8.75. The number of ether oxygens (including phenoxy) is 1. The van der Waals surface area contributed by atoms with Gasteiger partial charge in [0.15, 0.2) is 0 Å². The lowest BCUT2D eigenvalue weighted by Gasteiger charge is -2.20. The third kappa shape index (κ3) is 5.65. The molecular formula is C17H29NO. The fourth-order valence-electron chi connectivity index (χ4n) is 2.30. The van der Waals surface area contributed by atoms with Gasteiger partial charge in [0, 0.05) is 6.04 Å². The number of hydrogen-bond donors (Lipinski definition) is 1. The van der Waals surface area contributed by atoms with Crippen molar-refractivity contribution < 1.29 is 4.74 Å². The average Bonchev–Trinajstić information content (AvgIpc) is 2.47. The Morgan fingerprint density at radius 2 is 1.84 bits per heavy atom. The molecule has 0 spiro atoms. The van der Waals surface area contributed by atoms with Gasteiger partial charge in [-0.1, -0.05) is 45.2 Å². The van der Waals surface area contributed by atoms with Crippen molar-refractivity contribution in [2.45, 2.75) is 52.5 Å². The van der Waals surface area contributed by atoms with E-state index >= 15 is 0 Å². The standard InChI is InChI=1S/C17H29NO/c1-5-7-8-15(6-2)13-18-14(3)16-9-11-17(19-4)12-10-16/h9-12,14-15,18H,5-8,13H2,1-4H3. The maximum Gasteiger partial charge on any atom is 0.118 e. The molecule has 0 aromatic heterocycles. The Kier molecular flexibility index (Phi) is 7.57. The largest absolute Gasteiger partial charge is 0.497 e. The van der Waals surface area contributed by atoms with E-state index in [2.05, 4.69) is 38.2 Å². The van der Waals surface area contributed by atoms with Crippen LogP contribution in [0.1, 0.15) is 58.1 Å². The molecule has 0 bridgehead atoms. The van der Waals surface area contributed by atoms with Crippen molar-refractivity contribution in [2.24, 2.45) is 5.92 Å². The Labute approximate surface area is 118 Å². The number of rotatable bonds is 9. The first-order valence-electron chi connectivity index (χ1n) is 7.58. The van der Waals surface area contributed by atoms with Crippen LogP contribution < -0.4 is 10.1 Å². The van der Waals surface area contributed by atoms with Crippen LogP contribution >= 0.6 is 0 Å². The molecule has 19 heavy (non-hydrogen) atoms. The Bertz CT molecular complexity index is 334. The van der Waals surface area contributed by atoms with Gasteiger partial charge in [-0.3, -0.25) is 0 Å². The van der Waals surface area contributed by atoms with Crippen LogP contribution in [0.15, 0.2) is 24.3 Å². The lowest BCUT2D eigenvalue weighted by molar-refractivity contribution is 0.397. The summed E-state index contributed by atoms with van der Waals surface area (Å²) >= 11 is 0. The first kappa shape index (κ1) is 16.0. The van der Waals surface area contributed by atoms with Gasteiger partial charge >= 0.3 is 0 Å². The molecule has 0 aliphatic carbocycles. The van der Waals surface area contributed by atoms with Crippen LogP contribution in [-0.4, -0.2) is 13.7 Å². The molecule has 108 valence electrons. The van der Waals surface area contributed by atoms with Gasteiger partial charge in [0.1, 0.15) is 5.75 Å². The molecule has 0 radical (unpaired) electrons. The van der Waals surface area contributed by atoms with Gasteiger partial charge in [-0.05, 0) is 43.5 Å². The van der Waals surface area contributed by atoms with Crippen molar-refractivity contribution in [1.29, 1.82) is 0 Å². The number of methoxy groups -OCH3 is 1. The fourth-order valence-corrected chi connectivity index (χ4v) is 2.30. The molecule has 2 nitrogen and oxygen atoms in total. The Balaban J connectivity index is 2.42. The highest BCUT2D eigenvalue weighted by Crippen LogP contribution is 2.18. The Morgan fingerprint density at radius 3 is 2.37 bits per heavy atom. The third-order valence-corrected chi connectivity index (χ3v) is 3.87. The highest BCUT2D eigenvalue weighted by Gasteiger charge is 2.09. The zero-order valence-corrected chi connectivity index (χ0v) is 12.9. The van der Waals surface area contributed by atoms with Crippen molar-refractivity contribution >= 4 is 0 Å². The molecule has 1 rings (SSSR count). The number of nitrogens with one attached hydrogen (secondary N) is 1. The van der Waals surface area contributed by atoms with Crippen molar-refractivity contribution in [1.82, 2.24) is 5.32 Å². The number of benzene rings is 1. The first-order valence-corrected chi connectivity index (χ1v) is 7.58. The van der Waals surface area contributed by atoms with Crippen molar-refractivity contribution in [2.75, 3.05) is 13.7 Å². The maximum atomic E-state index is 5.19. The molecule has 1 aromatic carbocycles. The molecule has 1 aromatic rings. The third-order valence-electron chi connectivity index (χ3n) is 3.87. The molecule has 0 aliphatic rings. The summed E-state index contributed by atoms with van der Waals surface area (Å²) in [6.45, 7) is 7.90. The van der Waals surface area contributed by atoms with E-state index in [1.807, 2.05) is 12.1 Å². The SMILES string of the molecule is CCCCC(CC)CNC(C)c1ccc(OC)cc1. The van der Waals surface area contributed by atoms with E-state index in [4.69, 9.17) is 4.74 Å². The molecule has 0 amide bonds. The van der Waals surface area contributed by atoms with Crippen molar-refractivity contribution in [3.63, 3.8) is 0 Å². The summed E-state index contributed by atoms with van der Waals surface area (Å²) in [4.78, 5) is 0. The van der Waals surface area contributed by atoms with Gasteiger partial charge in [0.25, 0.3) is 0 Å². The van der Waals surface area contributed by atoms with Crippen LogP contribution in [0.3, 0.4) is 0 Å². The molecule has 1 N–H and O–H groups in total. The van der Waals surface area contributed by atoms with E-state index < -0.39 is 0 Å². The highest BCUT2D eigenvalue weighted by molar-refractivity contribution is 5.28. The topological polar surface area (TPSA) is 21.3 Å². The molecule has 2 unspecified atom stereocenters. The van der Waals surface area contributed by atoms with Gasteiger partial charge in [-0.2, -0.15) is 0 Å². The zero-order chi connectivity index (χ0) is 14.1. The maximum absolute atomic E-state index is 5.19. The zero-order valence-electron chi connectivity index (χ0n) is 12.9. The summed E-state index contributed by atoms with van der Waals surface area (Å²) in [5.74, 6) is 1.73. The van der Waals surface area contributed by atoms with Crippen LogP contribution in [0.25, 0.3) is 0 Å². The highest BCUT2D eigenvalue weighted by atomic mass is 16.5. The van der Waals surface area contributed by atoms with Gasteiger partial charge in [0.05, 0.1) is 7.11 Å². The minimum atomic E-state index is 0.404. The number of unbranched alkanes of at least 4 members (excludes halogenated alkanes) is 1. The van der Waals surface area contributed by atoms with Gasteiger partial charge in [0.2, 0.25) is 0 Å². The van der Waals surface area contributed by atoms with Gasteiger partial charge in [-0.15, -0.1) is 0 Å². The van der Waals surface area contributed by atoms with Crippen LogP contribution in [0.5, 0.6) is 5.75 Å². The van der Waals surface area contributed by atoms with E-state index in [0.29, 0.717) is 6.04 Å². The molecular weight excluding hydrogens is 234 g/mol. The van der Waals surface area contributed by atoms with Crippen LogP contribution in [0.2, 0.25) is 0 Å². The summed E-state index contributed by atoms with van der Waals surface area (Å²) in [6.07, 6.45) is 5.25. The summed E-state index contributed by atoms with van der Waals surface area (Å²) in [7, 11) is 1.70. The van der Waals surface area contributed by atoms with Crippen LogP contribution in [-0.2, 0) is 0 Å². The second-order valence-electron chi connectivity index (χ2n) is 5.32. The van der Waals surface area contributed by atoms with E-state index in [9.17, 15) is 0 Å². The lowest BCUT2D eigenvalue weighted by atomic mass is 9.98. The molecule has 0 saturated carbocycles. The number of hydrogen-bond acceptors (Lipinski definition) is 2. The second kappa shape index (κ2) is 8.98. The quantitative estimate of drug-likeness (QED) is 0.705. The summed E-state index contributed by atoms with van der Waals surface area (Å²) < 4.78 is 5.19. The van der Waals surface area contributed by atoms with Crippen LogP contribution in [0, 0.1) is 5.92 Å². The van der Waals surface area contributed by atoms with E-state index in [1.54, 1.807) is 7.11 Å². The molecule has 0 heterocycles. The fraction of sp³-hybridized carbons (Fsp3) is 0.647. The second-order valence-corrected chi connectivity index (χ2v) is 5.32. The van der Waals surface area contributed by atoms with Crippen molar-refractivity contribution in [3.05, 3.63) is 29.8 Å². The monoisotopic (exact) mass is 263 g/mol. The van der Waals surface area contributed by atoms with E-state index in [0.717, 1.165) is 18.2 Å². The first-order chi connectivity index (χ1) is 9.21. The Morgan fingerprint density at radius 1 is 1.16 bits per heavy atom. The van der Waals surface area contributed by atoms with E-state index in [-0.39, 0.29) is 0 Å². The molecule has 0 fully saturated rings. The normalized spacial score (nSPS) is 14.1. The van der Waals surface area contributed by atoms with Crippen molar-refractivity contribution in [3.8, 4) is 5.75 Å². The minimum absolute atomic E-state index is 0.404. The predicted molar refractivity (Wildman–Crippen MR) is 82.7 cm³/mol. The summed E-state index contributed by atoms with van der Waals surface area (Å²) in [5.41, 5.74) is 1.33. The predicted octanol–water partition coefficient (Wildman–Crippen LogP) is 4.56. The van der Waals surface area contributed by atoms with Crippen LogP contribution in [0.4, 0.5) is 0 Å². The van der Waals surface area contributed by atoms with Gasteiger partial charge in [-0.25, -0.2) is 0 Å². The van der Waals surface area contributed by atoms with Gasteiger partial charge < -0.3 is 10.1 Å². The average molecular weight is 263 g/mol. The molecule has 2 atom stereocenters. The van der Waals surface area contributed by atoms with E-state index in [1.165, 1.54) is 31.2 Å². The minimum Gasteiger partial charge on any atom is -0.497 e. The molecule has 2 heteroatoms.